The van der Waals surface area contributed by atoms with Gasteiger partial charge in [-0.3, -0.25) is 0 Å². The van der Waals surface area contributed by atoms with Crippen LogP contribution in [0.25, 0.3) is 11.1 Å². The Morgan fingerprint density at radius 2 is 2.11 bits per heavy atom. The summed E-state index contributed by atoms with van der Waals surface area (Å²) < 4.78 is 33.9. The number of hydrogen-bond donors (Lipinski definition) is 2. The number of pyridine rings is 1. The van der Waals surface area contributed by atoms with E-state index in [2.05, 4.69) is 4.98 Å². The van der Waals surface area contributed by atoms with Gasteiger partial charge in [-0.15, -0.1) is 0 Å². The van der Waals surface area contributed by atoms with Crippen molar-refractivity contribution in [1.29, 1.82) is 5.26 Å². The number of anilines is 1. The Balaban J connectivity index is 1.83. The highest BCUT2D eigenvalue weighted by molar-refractivity contribution is 5.69. The van der Waals surface area contributed by atoms with Crippen LogP contribution < -0.4 is 10.5 Å². The van der Waals surface area contributed by atoms with Crippen molar-refractivity contribution in [2.75, 3.05) is 18.8 Å². The van der Waals surface area contributed by atoms with E-state index in [0.717, 1.165) is 5.56 Å². The van der Waals surface area contributed by atoms with Gasteiger partial charge in [-0.05, 0) is 35.4 Å². The average Bonchev–Trinajstić information content (AvgIpc) is 2.63. The fourth-order valence-electron chi connectivity index (χ4n) is 2.91. The molecule has 2 aromatic rings. The van der Waals surface area contributed by atoms with Gasteiger partial charge in [-0.1, -0.05) is 6.07 Å². The van der Waals surface area contributed by atoms with E-state index in [4.69, 9.17) is 15.6 Å². The summed E-state index contributed by atoms with van der Waals surface area (Å²) in [5.74, 6) is -3.02. The van der Waals surface area contributed by atoms with Crippen molar-refractivity contribution in [1.82, 2.24) is 9.88 Å². The van der Waals surface area contributed by atoms with E-state index in [9.17, 15) is 18.8 Å². The lowest BCUT2D eigenvalue weighted by molar-refractivity contribution is -0.133. The number of piperidine rings is 1. The first-order chi connectivity index (χ1) is 12.8. The molecule has 3 rings (SSSR count). The van der Waals surface area contributed by atoms with E-state index in [0.29, 0.717) is 16.3 Å². The predicted molar refractivity (Wildman–Crippen MR) is 92.4 cm³/mol. The zero-order valence-electron chi connectivity index (χ0n) is 14.1. The Morgan fingerprint density at radius 1 is 1.37 bits per heavy atom. The number of carbonyl (C=O) groups is 1. The molecule has 1 fully saturated rings. The Morgan fingerprint density at radius 3 is 2.74 bits per heavy atom. The van der Waals surface area contributed by atoms with Gasteiger partial charge < -0.3 is 20.5 Å². The molecule has 2 heterocycles. The van der Waals surface area contributed by atoms with Crippen molar-refractivity contribution in [3.63, 3.8) is 0 Å². The number of aromatic nitrogens is 1. The highest BCUT2D eigenvalue weighted by Gasteiger charge is 2.48. The van der Waals surface area contributed by atoms with E-state index < -0.39 is 24.7 Å². The molecule has 1 aromatic carbocycles. The topological polar surface area (TPSA) is 112 Å². The van der Waals surface area contributed by atoms with Crippen LogP contribution in [0.2, 0.25) is 0 Å². The largest absolute Gasteiger partial charge is 0.483 e. The summed E-state index contributed by atoms with van der Waals surface area (Å²) in [4.78, 5) is 15.5. The summed E-state index contributed by atoms with van der Waals surface area (Å²) in [6.45, 7) is -1.00. The maximum atomic E-state index is 14.3. The second-order valence-corrected chi connectivity index (χ2v) is 6.15. The van der Waals surface area contributed by atoms with Gasteiger partial charge >= 0.3 is 12.0 Å². The summed E-state index contributed by atoms with van der Waals surface area (Å²) in [6, 6.07) is 9.89. The van der Waals surface area contributed by atoms with Gasteiger partial charge in [0.15, 0.2) is 6.10 Å². The number of nitrogens with zero attached hydrogens (tertiary/aromatic N) is 3. The van der Waals surface area contributed by atoms with Gasteiger partial charge in [0.2, 0.25) is 0 Å². The monoisotopic (exact) mass is 374 g/mol. The van der Waals surface area contributed by atoms with Crippen LogP contribution in [0.4, 0.5) is 19.4 Å². The van der Waals surface area contributed by atoms with Crippen molar-refractivity contribution in [3.8, 4) is 22.9 Å². The molecule has 1 aliphatic heterocycles. The van der Waals surface area contributed by atoms with E-state index >= 15 is 0 Å². The smallest absolute Gasteiger partial charge is 0.407 e. The van der Waals surface area contributed by atoms with Crippen molar-refractivity contribution in [3.05, 3.63) is 42.1 Å². The number of carboxylic acid groups (broad SMARTS) is 1. The molecule has 0 spiro atoms. The molecular formula is C18H16F2N4O3. The molecule has 0 aliphatic carbocycles. The van der Waals surface area contributed by atoms with Crippen LogP contribution in [-0.2, 0) is 0 Å². The third-order valence-electron chi connectivity index (χ3n) is 4.29. The third-order valence-corrected chi connectivity index (χ3v) is 4.29. The Hall–Kier alpha value is -3.41. The average molecular weight is 374 g/mol. The lowest BCUT2D eigenvalue weighted by Crippen LogP contribution is -2.55. The first-order valence-corrected chi connectivity index (χ1v) is 8.08. The number of nitrogen functional groups attached to an aromatic ring is 1. The fraction of sp³-hybridized carbons (Fsp3) is 0.278. The Kier molecular flexibility index (Phi) is 4.81. The van der Waals surface area contributed by atoms with Gasteiger partial charge in [0, 0.05) is 19.2 Å². The molecule has 1 amide bonds. The molecule has 27 heavy (non-hydrogen) atoms. The lowest BCUT2D eigenvalue weighted by Gasteiger charge is -2.36. The highest BCUT2D eigenvalue weighted by Crippen LogP contribution is 2.34. The molecule has 1 aliphatic rings. The zero-order valence-corrected chi connectivity index (χ0v) is 14.1. The fourth-order valence-corrected chi connectivity index (χ4v) is 2.91. The number of halogens is 2. The van der Waals surface area contributed by atoms with E-state index in [1.165, 1.54) is 18.3 Å². The number of benzene rings is 1. The van der Waals surface area contributed by atoms with Crippen LogP contribution >= 0.6 is 0 Å². The summed E-state index contributed by atoms with van der Waals surface area (Å²) in [5, 5.41) is 18.3. The second kappa shape index (κ2) is 7.07. The van der Waals surface area contributed by atoms with E-state index in [1.54, 1.807) is 18.2 Å². The first-order valence-electron chi connectivity index (χ1n) is 8.08. The zero-order chi connectivity index (χ0) is 19.6. The minimum atomic E-state index is -3.36. The molecule has 7 nitrogen and oxygen atoms in total. The Bertz CT molecular complexity index is 914. The first kappa shape index (κ1) is 18.4. The van der Waals surface area contributed by atoms with E-state index in [-0.39, 0.29) is 24.3 Å². The molecule has 0 radical (unpaired) electrons. The molecule has 1 aromatic heterocycles. The van der Waals surface area contributed by atoms with Crippen LogP contribution in [-0.4, -0.2) is 46.2 Å². The number of likely N-dealkylation sites (tertiary alicyclic amines) is 1. The summed E-state index contributed by atoms with van der Waals surface area (Å²) in [6.07, 6.45) is -1.56. The normalized spacial score (nSPS) is 18.6. The van der Waals surface area contributed by atoms with Crippen LogP contribution in [0.1, 0.15) is 12.0 Å². The molecule has 3 N–H and O–H groups in total. The maximum absolute atomic E-state index is 14.3. The van der Waals surface area contributed by atoms with Crippen molar-refractivity contribution in [2.24, 2.45) is 0 Å². The molecule has 1 saturated heterocycles. The quantitative estimate of drug-likeness (QED) is 0.854. The van der Waals surface area contributed by atoms with Crippen LogP contribution in [0.15, 0.2) is 36.5 Å². The molecule has 9 heteroatoms. The standard InChI is InChI=1S/C18H16F2N4O3/c19-18(20)10-24(17(25)26)6-4-15(18)27-14-2-1-11(7-13(14)9-21)12-3-5-23-16(22)8-12/h1-3,5,7-8,15H,4,6,10H2,(H2,22,23)(H,25,26)/t15-/m0/s1. The van der Waals surface area contributed by atoms with Crippen molar-refractivity contribution < 1.29 is 23.4 Å². The number of amides is 1. The maximum Gasteiger partial charge on any atom is 0.407 e. The minimum absolute atomic E-state index is 0.0247. The number of ether oxygens (including phenoxy) is 1. The molecule has 0 saturated carbocycles. The van der Waals surface area contributed by atoms with Crippen LogP contribution in [0, 0.1) is 11.3 Å². The summed E-state index contributed by atoms with van der Waals surface area (Å²) >= 11 is 0. The third kappa shape index (κ3) is 3.89. The predicted octanol–water partition coefficient (Wildman–Crippen LogP) is 2.97. The van der Waals surface area contributed by atoms with Gasteiger partial charge in [0.1, 0.15) is 17.6 Å². The second-order valence-electron chi connectivity index (χ2n) is 6.15. The molecule has 1 atom stereocenters. The van der Waals surface area contributed by atoms with Crippen LogP contribution in [0.3, 0.4) is 0 Å². The van der Waals surface area contributed by atoms with Gasteiger partial charge in [-0.2, -0.15) is 5.26 Å². The molecule has 0 bridgehead atoms. The number of rotatable bonds is 3. The van der Waals surface area contributed by atoms with E-state index in [1.807, 2.05) is 6.07 Å². The highest BCUT2D eigenvalue weighted by atomic mass is 19.3. The minimum Gasteiger partial charge on any atom is -0.483 e. The number of alkyl halides is 2. The lowest BCUT2D eigenvalue weighted by atomic mass is 10.0. The molecular weight excluding hydrogens is 358 g/mol. The number of hydrogen-bond acceptors (Lipinski definition) is 5. The van der Waals surface area contributed by atoms with Gasteiger partial charge in [-0.25, -0.2) is 18.6 Å². The summed E-state index contributed by atoms with van der Waals surface area (Å²) in [5.41, 5.74) is 7.14. The number of nitrogens with two attached hydrogens (primary N) is 1. The van der Waals surface area contributed by atoms with Crippen molar-refractivity contribution >= 4 is 11.9 Å². The Labute approximate surface area is 153 Å². The summed E-state index contributed by atoms with van der Waals surface area (Å²) in [7, 11) is 0. The van der Waals surface area contributed by atoms with Crippen LogP contribution in [0.5, 0.6) is 5.75 Å². The molecule has 0 unspecified atom stereocenters. The van der Waals surface area contributed by atoms with Gasteiger partial charge in [0.05, 0.1) is 12.1 Å². The van der Waals surface area contributed by atoms with Crippen molar-refractivity contribution in [2.45, 2.75) is 18.4 Å². The molecule has 140 valence electrons. The SMILES string of the molecule is N#Cc1cc(-c2ccnc(N)c2)ccc1O[C@H]1CCN(C(=O)O)CC1(F)F. The van der Waals surface area contributed by atoms with Gasteiger partial charge in [0.25, 0.3) is 0 Å². The number of nitriles is 1.